The molecule has 7 heteroatoms. The van der Waals surface area contributed by atoms with E-state index in [9.17, 15) is 13.8 Å². The second-order valence-electron chi connectivity index (χ2n) is 8.68. The van der Waals surface area contributed by atoms with Crippen LogP contribution in [-0.4, -0.2) is 34.0 Å². The summed E-state index contributed by atoms with van der Waals surface area (Å²) in [6.07, 6.45) is 4.25. The van der Waals surface area contributed by atoms with Crippen molar-refractivity contribution in [3.05, 3.63) is 88.4 Å². The van der Waals surface area contributed by atoms with Crippen molar-refractivity contribution in [1.29, 1.82) is 0 Å². The topological polar surface area (TPSA) is 57.7 Å². The first-order valence-corrected chi connectivity index (χ1v) is 13.1. The highest BCUT2D eigenvalue weighted by atomic mass is 35.5. The summed E-state index contributed by atoms with van der Waals surface area (Å²) >= 11 is 6.20. The Morgan fingerprint density at radius 1 is 0.882 bits per heavy atom. The fourth-order valence-electron chi connectivity index (χ4n) is 4.63. The Balaban J connectivity index is 1.61. The molecule has 3 aromatic carbocycles. The van der Waals surface area contributed by atoms with Crippen LogP contribution in [0.15, 0.2) is 76.5 Å². The zero-order valence-electron chi connectivity index (χ0n) is 18.7. The van der Waals surface area contributed by atoms with E-state index in [2.05, 4.69) is 0 Å². The van der Waals surface area contributed by atoms with Crippen LogP contribution in [0.1, 0.15) is 52.0 Å². The average molecular weight is 493 g/mol. The lowest BCUT2D eigenvalue weighted by molar-refractivity contribution is 0.0761. The van der Waals surface area contributed by atoms with Crippen LogP contribution in [-0.2, 0) is 17.3 Å². The van der Waals surface area contributed by atoms with Crippen LogP contribution in [0.4, 0.5) is 5.69 Å². The molecule has 0 aliphatic carbocycles. The highest BCUT2D eigenvalue weighted by molar-refractivity contribution is 7.85. The second-order valence-corrected chi connectivity index (χ2v) is 10.5. The van der Waals surface area contributed by atoms with E-state index in [0.29, 0.717) is 31.6 Å². The van der Waals surface area contributed by atoms with Crippen LogP contribution in [0.25, 0.3) is 0 Å². The van der Waals surface area contributed by atoms with Crippen molar-refractivity contribution in [1.82, 2.24) is 4.90 Å². The molecule has 0 aromatic heterocycles. The quantitative estimate of drug-likeness (QED) is 0.472. The number of carbonyl (C=O) groups excluding carboxylic acids is 2. The molecule has 2 aliphatic rings. The molecule has 0 bridgehead atoms. The predicted molar refractivity (Wildman–Crippen MR) is 134 cm³/mol. The fraction of sp³-hybridized carbons (Fsp3) is 0.259. The zero-order valence-corrected chi connectivity index (χ0v) is 20.3. The van der Waals surface area contributed by atoms with Crippen molar-refractivity contribution < 1.29 is 13.8 Å². The maximum atomic E-state index is 13.7. The molecule has 2 amide bonds. The van der Waals surface area contributed by atoms with Crippen molar-refractivity contribution in [2.75, 3.05) is 18.0 Å². The third-order valence-electron chi connectivity index (χ3n) is 6.38. The Kier molecular flexibility index (Phi) is 6.53. The average Bonchev–Trinajstić information content (AvgIpc) is 3.18. The van der Waals surface area contributed by atoms with Gasteiger partial charge in [0.25, 0.3) is 11.8 Å². The van der Waals surface area contributed by atoms with Crippen LogP contribution in [0.3, 0.4) is 0 Å². The summed E-state index contributed by atoms with van der Waals surface area (Å²) in [4.78, 5) is 31.6. The molecule has 1 fully saturated rings. The highest BCUT2D eigenvalue weighted by Gasteiger charge is 2.32. The second kappa shape index (κ2) is 9.72. The molecule has 1 unspecified atom stereocenters. The normalized spacial score (nSPS) is 18.0. The maximum absolute atomic E-state index is 13.7. The largest absolute Gasteiger partial charge is 0.339 e. The highest BCUT2D eigenvalue weighted by Crippen LogP contribution is 2.36. The molecule has 174 valence electrons. The molecule has 3 aromatic rings. The standard InChI is InChI=1S/C27H25ClN2O3S/c28-21-9-7-8-19(16-21)18-30-23-17-20(26(31)29-14-5-1-2-6-15-29)12-13-25(23)34(33)24-11-4-3-10-22(24)27(30)32/h3-4,7-13,16-17H,1-2,5-6,14-15,18H2. The van der Waals surface area contributed by atoms with E-state index in [4.69, 9.17) is 11.6 Å². The van der Waals surface area contributed by atoms with Gasteiger partial charge in [-0.3, -0.25) is 9.59 Å². The third kappa shape index (κ3) is 4.40. The molecular formula is C27H25ClN2O3S. The summed E-state index contributed by atoms with van der Waals surface area (Å²) in [6, 6.07) is 19.5. The molecule has 1 atom stereocenters. The first-order chi connectivity index (χ1) is 16.5. The number of carbonyl (C=O) groups is 2. The monoisotopic (exact) mass is 492 g/mol. The van der Waals surface area contributed by atoms with Gasteiger partial charge in [-0.2, -0.15) is 0 Å². The van der Waals surface area contributed by atoms with Crippen molar-refractivity contribution in [3.8, 4) is 0 Å². The number of amides is 2. The number of hydrogen-bond donors (Lipinski definition) is 0. The lowest BCUT2D eigenvalue weighted by Gasteiger charge is -2.25. The first kappa shape index (κ1) is 22.8. The van der Waals surface area contributed by atoms with Crippen molar-refractivity contribution in [2.45, 2.75) is 42.0 Å². The van der Waals surface area contributed by atoms with Crippen molar-refractivity contribution >= 4 is 39.9 Å². The molecule has 0 radical (unpaired) electrons. The summed E-state index contributed by atoms with van der Waals surface area (Å²) in [5.74, 6) is -0.297. The molecule has 5 nitrogen and oxygen atoms in total. The van der Waals surface area contributed by atoms with Gasteiger partial charge in [0, 0.05) is 23.7 Å². The molecular weight excluding hydrogens is 468 g/mol. The van der Waals surface area contributed by atoms with E-state index < -0.39 is 10.8 Å². The van der Waals surface area contributed by atoms with E-state index >= 15 is 0 Å². The Morgan fingerprint density at radius 3 is 2.41 bits per heavy atom. The Labute approximate surface area is 206 Å². The van der Waals surface area contributed by atoms with E-state index in [1.165, 1.54) is 0 Å². The van der Waals surface area contributed by atoms with Gasteiger partial charge in [0.15, 0.2) is 0 Å². The number of benzene rings is 3. The number of halogens is 1. The summed E-state index contributed by atoms with van der Waals surface area (Å²) in [5.41, 5.74) is 2.26. The van der Waals surface area contributed by atoms with Gasteiger partial charge >= 0.3 is 0 Å². The van der Waals surface area contributed by atoms with Crippen LogP contribution >= 0.6 is 11.6 Å². The van der Waals surface area contributed by atoms with Crippen LogP contribution in [0.2, 0.25) is 5.02 Å². The summed E-state index contributed by atoms with van der Waals surface area (Å²) in [6.45, 7) is 1.72. The molecule has 0 saturated carbocycles. The third-order valence-corrected chi connectivity index (χ3v) is 8.12. The molecule has 0 N–H and O–H groups in total. The van der Waals surface area contributed by atoms with Crippen molar-refractivity contribution in [2.24, 2.45) is 0 Å². The number of hydrogen-bond acceptors (Lipinski definition) is 3. The van der Waals surface area contributed by atoms with Gasteiger partial charge in [-0.15, -0.1) is 0 Å². The SMILES string of the molecule is O=C(c1ccc2c(c1)N(Cc1cccc(Cl)c1)C(=O)c1ccccc1S2=O)N1CCCCCC1. The zero-order chi connectivity index (χ0) is 23.7. The van der Waals surface area contributed by atoms with E-state index in [1.54, 1.807) is 53.4 Å². The molecule has 34 heavy (non-hydrogen) atoms. The minimum atomic E-state index is -1.55. The van der Waals surface area contributed by atoms with Gasteiger partial charge < -0.3 is 9.80 Å². The van der Waals surface area contributed by atoms with Crippen LogP contribution in [0, 0.1) is 0 Å². The van der Waals surface area contributed by atoms with Gasteiger partial charge in [-0.1, -0.05) is 48.7 Å². The summed E-state index contributed by atoms with van der Waals surface area (Å²) in [7, 11) is -1.55. The van der Waals surface area contributed by atoms with Gasteiger partial charge in [0.05, 0.1) is 38.4 Å². The maximum Gasteiger partial charge on any atom is 0.259 e. The molecule has 0 spiro atoms. The van der Waals surface area contributed by atoms with Gasteiger partial charge in [-0.25, -0.2) is 4.21 Å². The Hall–Kier alpha value is -2.96. The lowest BCUT2D eigenvalue weighted by atomic mass is 10.1. The molecule has 1 saturated heterocycles. The Morgan fingerprint density at radius 2 is 1.65 bits per heavy atom. The number of nitrogens with zero attached hydrogens (tertiary/aromatic N) is 2. The predicted octanol–water partition coefficient (Wildman–Crippen LogP) is 5.68. The minimum absolute atomic E-state index is 0.0487. The molecule has 2 aliphatic heterocycles. The van der Waals surface area contributed by atoms with Crippen molar-refractivity contribution in [3.63, 3.8) is 0 Å². The fourth-order valence-corrected chi connectivity index (χ4v) is 6.19. The molecule has 5 rings (SSSR count). The van der Waals surface area contributed by atoms with Gasteiger partial charge in [0.2, 0.25) is 0 Å². The summed E-state index contributed by atoms with van der Waals surface area (Å²) in [5, 5.41) is 0.578. The van der Waals surface area contributed by atoms with Gasteiger partial charge in [0.1, 0.15) is 0 Å². The summed E-state index contributed by atoms with van der Waals surface area (Å²) < 4.78 is 13.6. The van der Waals surface area contributed by atoms with E-state index in [-0.39, 0.29) is 18.4 Å². The smallest absolute Gasteiger partial charge is 0.259 e. The van der Waals surface area contributed by atoms with Gasteiger partial charge in [-0.05, 0) is 60.9 Å². The number of anilines is 1. The number of likely N-dealkylation sites (tertiary alicyclic amines) is 1. The Bertz CT molecular complexity index is 1280. The molecule has 2 heterocycles. The minimum Gasteiger partial charge on any atom is -0.339 e. The lowest BCUT2D eigenvalue weighted by Crippen LogP contribution is -2.33. The van der Waals surface area contributed by atoms with E-state index in [0.717, 1.165) is 44.3 Å². The van der Waals surface area contributed by atoms with E-state index in [1.807, 2.05) is 23.1 Å². The van der Waals surface area contributed by atoms with Crippen LogP contribution in [0.5, 0.6) is 0 Å². The number of rotatable bonds is 3. The number of fused-ring (bicyclic) bond motifs is 2. The first-order valence-electron chi connectivity index (χ1n) is 11.5. The van der Waals surface area contributed by atoms with Crippen LogP contribution < -0.4 is 4.90 Å².